The molecule has 0 saturated carbocycles. The number of rotatable bonds is 6. The number of amides is 2. The average molecular weight is 339 g/mol. The number of urea groups is 1. The molecule has 0 aliphatic rings. The van der Waals surface area contributed by atoms with E-state index in [-0.39, 0.29) is 23.2 Å². The van der Waals surface area contributed by atoms with Gasteiger partial charge >= 0.3 is 12.2 Å². The Labute approximate surface area is 131 Å². The maximum atomic E-state index is 12.4. The summed E-state index contributed by atoms with van der Waals surface area (Å²) in [5, 5.41) is 6.32. The van der Waals surface area contributed by atoms with Crippen LogP contribution in [0.15, 0.2) is 5.38 Å². The van der Waals surface area contributed by atoms with Crippen molar-refractivity contribution in [2.24, 2.45) is 0 Å². The van der Waals surface area contributed by atoms with Crippen LogP contribution in [-0.2, 0) is 17.5 Å². The quantitative estimate of drug-likeness (QED) is 0.837. The molecule has 2 N–H and O–H groups in total. The Kier molecular flexibility index (Phi) is 6.18. The van der Waals surface area contributed by atoms with Crippen LogP contribution in [0.3, 0.4) is 0 Å². The van der Waals surface area contributed by atoms with E-state index in [0.717, 1.165) is 16.7 Å². The number of thiazole rings is 1. The SMILES string of the molecule is COC(C)(C)CC(C)NC(=O)NCc1nc(C(F)(F)F)cs1. The van der Waals surface area contributed by atoms with Crippen LogP contribution in [0, 0.1) is 0 Å². The highest BCUT2D eigenvalue weighted by atomic mass is 32.1. The molecule has 0 aliphatic carbocycles. The van der Waals surface area contributed by atoms with E-state index in [1.54, 1.807) is 7.11 Å². The van der Waals surface area contributed by atoms with E-state index in [2.05, 4.69) is 15.6 Å². The van der Waals surface area contributed by atoms with Crippen LogP contribution in [0.1, 0.15) is 37.9 Å². The van der Waals surface area contributed by atoms with Crippen molar-refractivity contribution in [3.63, 3.8) is 0 Å². The highest BCUT2D eigenvalue weighted by Crippen LogP contribution is 2.29. The third-order valence-corrected chi connectivity index (χ3v) is 3.82. The third kappa shape index (κ3) is 6.18. The molecular weight excluding hydrogens is 319 g/mol. The van der Waals surface area contributed by atoms with Crippen molar-refractivity contribution in [3.05, 3.63) is 16.1 Å². The second-order valence-electron chi connectivity index (χ2n) is 5.52. The Bertz CT molecular complexity index is 503. The van der Waals surface area contributed by atoms with Gasteiger partial charge in [-0.15, -0.1) is 11.3 Å². The summed E-state index contributed by atoms with van der Waals surface area (Å²) in [5.41, 5.74) is -1.31. The zero-order chi connectivity index (χ0) is 17.0. The first-order chi connectivity index (χ1) is 10.0. The summed E-state index contributed by atoms with van der Waals surface area (Å²) in [6.45, 7) is 5.58. The molecule has 126 valence electrons. The lowest BCUT2D eigenvalue weighted by Crippen LogP contribution is -2.43. The zero-order valence-electron chi connectivity index (χ0n) is 12.9. The molecule has 5 nitrogen and oxygen atoms in total. The first-order valence-electron chi connectivity index (χ1n) is 6.64. The minimum Gasteiger partial charge on any atom is -0.379 e. The summed E-state index contributed by atoms with van der Waals surface area (Å²) >= 11 is 0.857. The Morgan fingerprint density at radius 1 is 1.45 bits per heavy atom. The molecule has 1 aromatic rings. The number of nitrogens with zero attached hydrogens (tertiary/aromatic N) is 1. The van der Waals surface area contributed by atoms with Gasteiger partial charge in [0.05, 0.1) is 12.1 Å². The van der Waals surface area contributed by atoms with Crippen LogP contribution in [-0.4, -0.2) is 29.8 Å². The van der Waals surface area contributed by atoms with Crippen molar-refractivity contribution in [2.45, 2.75) is 51.6 Å². The normalized spacial score (nSPS) is 13.8. The number of aromatic nitrogens is 1. The number of carbonyl (C=O) groups excluding carboxylic acids is 1. The fourth-order valence-corrected chi connectivity index (χ4v) is 2.57. The predicted molar refractivity (Wildman–Crippen MR) is 77.7 cm³/mol. The number of methoxy groups -OCH3 is 1. The summed E-state index contributed by atoms with van der Waals surface area (Å²) in [7, 11) is 1.59. The Hall–Kier alpha value is -1.35. The molecule has 1 heterocycles. The largest absolute Gasteiger partial charge is 0.434 e. The van der Waals surface area contributed by atoms with E-state index >= 15 is 0 Å². The van der Waals surface area contributed by atoms with Gasteiger partial charge in [0.2, 0.25) is 0 Å². The van der Waals surface area contributed by atoms with Gasteiger partial charge in [0.25, 0.3) is 0 Å². The number of hydrogen-bond acceptors (Lipinski definition) is 4. The number of alkyl halides is 3. The van der Waals surface area contributed by atoms with Crippen LogP contribution in [0.2, 0.25) is 0 Å². The highest BCUT2D eigenvalue weighted by molar-refractivity contribution is 7.09. The van der Waals surface area contributed by atoms with Gasteiger partial charge in [-0.1, -0.05) is 0 Å². The molecule has 1 unspecified atom stereocenters. The van der Waals surface area contributed by atoms with Gasteiger partial charge in [-0.05, 0) is 27.2 Å². The average Bonchev–Trinajstić information content (AvgIpc) is 2.84. The predicted octanol–water partition coefficient (Wildman–Crippen LogP) is 3.16. The summed E-state index contributed by atoms with van der Waals surface area (Å²) < 4.78 is 42.5. The van der Waals surface area contributed by atoms with Crippen LogP contribution < -0.4 is 10.6 Å². The third-order valence-electron chi connectivity index (χ3n) is 2.97. The highest BCUT2D eigenvalue weighted by Gasteiger charge is 2.33. The molecule has 22 heavy (non-hydrogen) atoms. The first-order valence-corrected chi connectivity index (χ1v) is 7.52. The molecule has 0 radical (unpaired) electrons. The lowest BCUT2D eigenvalue weighted by molar-refractivity contribution is -0.140. The standard InChI is InChI=1S/C13H20F3N3O2S/c1-8(5-12(2,3)21-4)18-11(20)17-6-10-19-9(7-22-10)13(14,15)16/h7-8H,5-6H2,1-4H3,(H2,17,18,20). The smallest absolute Gasteiger partial charge is 0.379 e. The van der Waals surface area contributed by atoms with Gasteiger partial charge in [0.15, 0.2) is 5.69 Å². The van der Waals surface area contributed by atoms with E-state index in [1.807, 2.05) is 20.8 Å². The zero-order valence-corrected chi connectivity index (χ0v) is 13.7. The Morgan fingerprint density at radius 2 is 2.09 bits per heavy atom. The Balaban J connectivity index is 2.42. The minimum atomic E-state index is -4.46. The Morgan fingerprint density at radius 3 is 2.59 bits per heavy atom. The molecule has 2 amide bonds. The molecule has 9 heteroatoms. The monoisotopic (exact) mass is 339 g/mol. The van der Waals surface area contributed by atoms with Gasteiger partial charge in [-0.2, -0.15) is 13.2 Å². The molecule has 0 aliphatic heterocycles. The van der Waals surface area contributed by atoms with E-state index in [4.69, 9.17) is 4.74 Å². The number of hydrogen-bond donors (Lipinski definition) is 2. The van der Waals surface area contributed by atoms with E-state index in [1.165, 1.54) is 0 Å². The molecule has 0 bridgehead atoms. The van der Waals surface area contributed by atoms with Crippen molar-refractivity contribution in [3.8, 4) is 0 Å². The van der Waals surface area contributed by atoms with Crippen molar-refractivity contribution in [1.82, 2.24) is 15.6 Å². The molecule has 0 spiro atoms. The fraction of sp³-hybridized carbons (Fsp3) is 0.692. The second kappa shape index (κ2) is 7.28. The number of halogens is 3. The molecule has 0 aromatic carbocycles. The molecule has 1 aromatic heterocycles. The first kappa shape index (κ1) is 18.7. The lowest BCUT2D eigenvalue weighted by Gasteiger charge is -2.27. The molecule has 1 rings (SSSR count). The van der Waals surface area contributed by atoms with Gasteiger partial charge in [-0.25, -0.2) is 9.78 Å². The molecule has 1 atom stereocenters. The second-order valence-corrected chi connectivity index (χ2v) is 6.46. The minimum absolute atomic E-state index is 0.0486. The number of nitrogens with one attached hydrogen (secondary N) is 2. The molecule has 0 fully saturated rings. The van der Waals surface area contributed by atoms with E-state index in [9.17, 15) is 18.0 Å². The van der Waals surface area contributed by atoms with Crippen molar-refractivity contribution < 1.29 is 22.7 Å². The lowest BCUT2D eigenvalue weighted by atomic mass is 10.00. The van der Waals surface area contributed by atoms with Crippen LogP contribution >= 0.6 is 11.3 Å². The van der Waals surface area contributed by atoms with Crippen LogP contribution in [0.4, 0.5) is 18.0 Å². The number of carbonyl (C=O) groups is 1. The topological polar surface area (TPSA) is 63.2 Å². The van der Waals surface area contributed by atoms with Crippen molar-refractivity contribution in [2.75, 3.05) is 7.11 Å². The van der Waals surface area contributed by atoms with Gasteiger partial charge in [0.1, 0.15) is 5.01 Å². The van der Waals surface area contributed by atoms with Crippen molar-refractivity contribution >= 4 is 17.4 Å². The number of ether oxygens (including phenoxy) is 1. The maximum absolute atomic E-state index is 12.4. The van der Waals surface area contributed by atoms with Crippen molar-refractivity contribution in [1.29, 1.82) is 0 Å². The van der Waals surface area contributed by atoms with Crippen LogP contribution in [0.5, 0.6) is 0 Å². The van der Waals surface area contributed by atoms with E-state index < -0.39 is 17.9 Å². The fourth-order valence-electron chi connectivity index (χ4n) is 1.82. The van der Waals surface area contributed by atoms with Gasteiger partial charge in [-0.3, -0.25) is 0 Å². The summed E-state index contributed by atoms with van der Waals surface area (Å²) in [6.07, 6.45) is -3.86. The van der Waals surface area contributed by atoms with Crippen LogP contribution in [0.25, 0.3) is 0 Å². The van der Waals surface area contributed by atoms with Gasteiger partial charge < -0.3 is 15.4 Å². The molecular formula is C13H20F3N3O2S. The summed E-state index contributed by atoms with van der Waals surface area (Å²) in [5.74, 6) is 0. The van der Waals surface area contributed by atoms with E-state index in [0.29, 0.717) is 6.42 Å². The molecule has 0 saturated heterocycles. The summed E-state index contributed by atoms with van der Waals surface area (Å²) in [4.78, 5) is 15.1. The van der Waals surface area contributed by atoms with Gasteiger partial charge in [0, 0.05) is 18.5 Å². The maximum Gasteiger partial charge on any atom is 0.434 e. The summed E-state index contributed by atoms with van der Waals surface area (Å²) in [6, 6.07) is -0.597.